The molecule has 21 heavy (non-hydrogen) atoms. The number of rotatable bonds is 3. The van der Waals surface area contributed by atoms with E-state index in [0.29, 0.717) is 10.2 Å². The van der Waals surface area contributed by atoms with Crippen molar-refractivity contribution < 1.29 is 14.7 Å². The second-order valence-electron chi connectivity index (χ2n) is 4.44. The van der Waals surface area contributed by atoms with Crippen molar-refractivity contribution in [2.75, 3.05) is 10.6 Å². The number of aromatic carboxylic acids is 1. The number of hydrogen-bond acceptors (Lipinski definition) is 2. The molecule has 2 aromatic carbocycles. The Hall–Kier alpha value is -2.34. The minimum absolute atomic E-state index is 0.0255. The Morgan fingerprint density at radius 3 is 2.52 bits per heavy atom. The van der Waals surface area contributed by atoms with Crippen LogP contribution < -0.4 is 10.6 Å². The number of carboxylic acids is 1. The summed E-state index contributed by atoms with van der Waals surface area (Å²) in [4.78, 5) is 23.1. The van der Waals surface area contributed by atoms with E-state index in [1.807, 2.05) is 25.1 Å². The zero-order chi connectivity index (χ0) is 15.4. The Morgan fingerprint density at radius 1 is 1.10 bits per heavy atom. The molecular formula is C15H13BrN2O3. The molecular weight excluding hydrogens is 336 g/mol. The van der Waals surface area contributed by atoms with Crippen LogP contribution in [0.25, 0.3) is 0 Å². The number of carbonyl (C=O) groups excluding carboxylic acids is 1. The molecule has 0 spiro atoms. The molecule has 0 aromatic heterocycles. The van der Waals surface area contributed by atoms with Gasteiger partial charge in [-0.2, -0.15) is 0 Å². The zero-order valence-corrected chi connectivity index (χ0v) is 12.8. The van der Waals surface area contributed by atoms with Gasteiger partial charge in [0.2, 0.25) is 0 Å². The van der Waals surface area contributed by atoms with Crippen LogP contribution in [0.3, 0.4) is 0 Å². The second kappa shape index (κ2) is 6.41. The largest absolute Gasteiger partial charge is 0.478 e. The normalized spacial score (nSPS) is 10.0. The van der Waals surface area contributed by atoms with Gasteiger partial charge in [0.05, 0.1) is 11.3 Å². The minimum atomic E-state index is -1.10. The van der Waals surface area contributed by atoms with Crippen molar-refractivity contribution in [3.8, 4) is 0 Å². The van der Waals surface area contributed by atoms with E-state index in [2.05, 4.69) is 26.6 Å². The van der Waals surface area contributed by atoms with Crippen LogP contribution >= 0.6 is 15.9 Å². The highest BCUT2D eigenvalue weighted by atomic mass is 79.9. The number of nitrogens with one attached hydrogen (secondary N) is 2. The van der Waals surface area contributed by atoms with Crippen molar-refractivity contribution in [3.63, 3.8) is 0 Å². The molecule has 2 amide bonds. The lowest BCUT2D eigenvalue weighted by Crippen LogP contribution is -2.21. The summed E-state index contributed by atoms with van der Waals surface area (Å²) in [5.41, 5.74) is 1.90. The maximum absolute atomic E-state index is 11.9. The standard InChI is InChI=1S/C15H13BrN2O3/c1-9-3-2-4-11(7-9)17-15(21)18-13-8-10(16)5-6-12(13)14(19)20/h2-8H,1H3,(H,19,20)(H2,17,18,21). The number of halogens is 1. The lowest BCUT2D eigenvalue weighted by Gasteiger charge is -2.10. The lowest BCUT2D eigenvalue weighted by molar-refractivity contribution is 0.0698. The van der Waals surface area contributed by atoms with Gasteiger partial charge in [-0.15, -0.1) is 0 Å². The van der Waals surface area contributed by atoms with Crippen LogP contribution in [-0.4, -0.2) is 17.1 Å². The third kappa shape index (κ3) is 4.06. The Labute approximate surface area is 130 Å². The van der Waals surface area contributed by atoms with Crippen LogP contribution in [0.4, 0.5) is 16.2 Å². The van der Waals surface area contributed by atoms with Gasteiger partial charge in [-0.25, -0.2) is 9.59 Å². The molecule has 2 aromatic rings. The van der Waals surface area contributed by atoms with E-state index in [1.54, 1.807) is 18.2 Å². The molecule has 0 aliphatic heterocycles. The molecule has 0 fully saturated rings. The molecule has 0 saturated carbocycles. The first-order chi connectivity index (χ1) is 9.95. The van der Waals surface area contributed by atoms with Gasteiger partial charge in [-0.1, -0.05) is 28.1 Å². The van der Waals surface area contributed by atoms with Crippen molar-refractivity contribution in [1.82, 2.24) is 0 Å². The van der Waals surface area contributed by atoms with Gasteiger partial charge in [0, 0.05) is 10.2 Å². The van der Waals surface area contributed by atoms with Gasteiger partial charge < -0.3 is 15.7 Å². The Bertz CT molecular complexity index is 701. The Morgan fingerprint density at radius 2 is 1.86 bits per heavy atom. The van der Waals surface area contributed by atoms with E-state index in [1.165, 1.54) is 6.07 Å². The highest BCUT2D eigenvalue weighted by Crippen LogP contribution is 2.22. The van der Waals surface area contributed by atoms with Crippen LogP contribution in [0.5, 0.6) is 0 Å². The molecule has 2 rings (SSSR count). The number of carbonyl (C=O) groups is 2. The summed E-state index contributed by atoms with van der Waals surface area (Å²) in [6.07, 6.45) is 0. The molecule has 0 saturated heterocycles. The number of anilines is 2. The van der Waals surface area contributed by atoms with Crippen molar-refractivity contribution in [2.45, 2.75) is 6.92 Å². The van der Waals surface area contributed by atoms with Crippen molar-refractivity contribution in [3.05, 3.63) is 58.1 Å². The maximum atomic E-state index is 11.9. The third-order valence-corrected chi connectivity index (χ3v) is 3.23. The highest BCUT2D eigenvalue weighted by Gasteiger charge is 2.13. The average Bonchev–Trinajstić information content (AvgIpc) is 2.38. The van der Waals surface area contributed by atoms with Gasteiger partial charge in [-0.3, -0.25) is 0 Å². The lowest BCUT2D eigenvalue weighted by atomic mass is 10.2. The predicted octanol–water partition coefficient (Wildman–Crippen LogP) is 4.10. The molecule has 0 aliphatic carbocycles. The van der Waals surface area contributed by atoms with Gasteiger partial charge in [-0.05, 0) is 42.8 Å². The summed E-state index contributed by atoms with van der Waals surface area (Å²) in [6, 6.07) is 11.4. The summed E-state index contributed by atoms with van der Waals surface area (Å²) < 4.78 is 0.679. The van der Waals surface area contributed by atoms with E-state index >= 15 is 0 Å². The molecule has 0 heterocycles. The molecule has 3 N–H and O–H groups in total. The molecule has 6 heteroatoms. The van der Waals surface area contributed by atoms with Crippen LogP contribution in [0.2, 0.25) is 0 Å². The predicted molar refractivity (Wildman–Crippen MR) is 84.9 cm³/mol. The van der Waals surface area contributed by atoms with E-state index in [4.69, 9.17) is 5.11 Å². The molecule has 5 nitrogen and oxygen atoms in total. The SMILES string of the molecule is Cc1cccc(NC(=O)Nc2cc(Br)ccc2C(=O)O)c1. The summed E-state index contributed by atoms with van der Waals surface area (Å²) in [5.74, 6) is -1.10. The number of hydrogen-bond donors (Lipinski definition) is 3. The van der Waals surface area contributed by atoms with Crippen LogP contribution in [0.1, 0.15) is 15.9 Å². The van der Waals surface area contributed by atoms with Gasteiger partial charge in [0.25, 0.3) is 0 Å². The number of benzene rings is 2. The fourth-order valence-corrected chi connectivity index (χ4v) is 2.17. The third-order valence-electron chi connectivity index (χ3n) is 2.74. The van der Waals surface area contributed by atoms with Gasteiger partial charge in [0.1, 0.15) is 0 Å². The monoisotopic (exact) mass is 348 g/mol. The van der Waals surface area contributed by atoms with Crippen LogP contribution in [-0.2, 0) is 0 Å². The summed E-state index contributed by atoms with van der Waals surface area (Å²) in [6.45, 7) is 1.92. The molecule has 108 valence electrons. The first-order valence-corrected chi connectivity index (χ1v) is 6.92. The summed E-state index contributed by atoms with van der Waals surface area (Å²) in [7, 11) is 0. The second-order valence-corrected chi connectivity index (χ2v) is 5.36. The van der Waals surface area contributed by atoms with E-state index < -0.39 is 12.0 Å². The number of aryl methyl sites for hydroxylation is 1. The average molecular weight is 349 g/mol. The maximum Gasteiger partial charge on any atom is 0.337 e. The van der Waals surface area contributed by atoms with E-state index in [9.17, 15) is 9.59 Å². The Balaban J connectivity index is 2.16. The fraction of sp³-hybridized carbons (Fsp3) is 0.0667. The summed E-state index contributed by atoms with van der Waals surface area (Å²) >= 11 is 3.25. The highest BCUT2D eigenvalue weighted by molar-refractivity contribution is 9.10. The smallest absolute Gasteiger partial charge is 0.337 e. The molecule has 0 atom stereocenters. The molecule has 0 bridgehead atoms. The number of amides is 2. The molecule has 0 aliphatic rings. The minimum Gasteiger partial charge on any atom is -0.478 e. The first kappa shape index (κ1) is 15.1. The first-order valence-electron chi connectivity index (χ1n) is 6.13. The molecule has 0 radical (unpaired) electrons. The number of urea groups is 1. The van der Waals surface area contributed by atoms with Crippen LogP contribution in [0, 0.1) is 6.92 Å². The van der Waals surface area contributed by atoms with Crippen LogP contribution in [0.15, 0.2) is 46.9 Å². The summed E-state index contributed by atoms with van der Waals surface area (Å²) in [5, 5.41) is 14.3. The van der Waals surface area contributed by atoms with Gasteiger partial charge >= 0.3 is 12.0 Å². The quantitative estimate of drug-likeness (QED) is 0.781. The fourth-order valence-electron chi connectivity index (χ4n) is 1.81. The van der Waals surface area contributed by atoms with Crippen molar-refractivity contribution in [1.29, 1.82) is 0 Å². The topological polar surface area (TPSA) is 78.4 Å². The van der Waals surface area contributed by atoms with Gasteiger partial charge in [0.15, 0.2) is 0 Å². The van der Waals surface area contributed by atoms with Crippen molar-refractivity contribution >= 4 is 39.3 Å². The number of carboxylic acid groups (broad SMARTS) is 1. The van der Waals surface area contributed by atoms with E-state index in [-0.39, 0.29) is 11.3 Å². The zero-order valence-electron chi connectivity index (χ0n) is 11.2. The van der Waals surface area contributed by atoms with Crippen molar-refractivity contribution in [2.24, 2.45) is 0 Å². The van der Waals surface area contributed by atoms with E-state index in [0.717, 1.165) is 5.56 Å². The Kier molecular flexibility index (Phi) is 4.59. The molecule has 0 unspecified atom stereocenters.